The molecule has 1 aliphatic heterocycles. The molecule has 1 N–H and O–H groups in total. The van der Waals surface area contributed by atoms with Gasteiger partial charge in [-0.1, -0.05) is 12.1 Å². The predicted octanol–water partition coefficient (Wildman–Crippen LogP) is 3.99. The van der Waals surface area contributed by atoms with E-state index in [1.807, 2.05) is 0 Å². The summed E-state index contributed by atoms with van der Waals surface area (Å²) in [5, 5.41) is 0.462. The number of carbonyl (C=O) groups excluding carboxylic acids is 1. The zero-order chi connectivity index (χ0) is 21.5. The molecular formula is C22H19FN4O3S. The van der Waals surface area contributed by atoms with Crippen molar-refractivity contribution in [3.05, 3.63) is 80.6 Å². The lowest BCUT2D eigenvalue weighted by molar-refractivity contribution is 0.0719. The molecule has 3 aromatic heterocycles. The summed E-state index contributed by atoms with van der Waals surface area (Å²) < 4.78 is 19.1. The zero-order valence-electron chi connectivity index (χ0n) is 16.7. The Hall–Kier alpha value is -3.33. The number of H-pyrrole nitrogens is 1. The molecule has 1 aliphatic rings. The van der Waals surface area contributed by atoms with Gasteiger partial charge in [-0.25, -0.2) is 14.4 Å². The van der Waals surface area contributed by atoms with Crippen molar-refractivity contribution in [2.24, 2.45) is 0 Å². The number of nitrogens with zero attached hydrogens (tertiary/aromatic N) is 3. The molecule has 4 aromatic rings. The van der Waals surface area contributed by atoms with Crippen LogP contribution in [-0.4, -0.2) is 32.3 Å². The smallest absolute Gasteiger partial charge is 0.264 e. The molecule has 4 heterocycles. The van der Waals surface area contributed by atoms with Crippen LogP contribution >= 0.6 is 11.3 Å². The fourth-order valence-electron chi connectivity index (χ4n) is 4.04. The van der Waals surface area contributed by atoms with Crippen LogP contribution in [0.1, 0.15) is 51.3 Å². The summed E-state index contributed by atoms with van der Waals surface area (Å²) in [6.07, 6.45) is 5.11. The Morgan fingerprint density at radius 3 is 2.90 bits per heavy atom. The first-order valence-corrected chi connectivity index (χ1v) is 10.8. The molecule has 1 amide bonds. The first kappa shape index (κ1) is 19.6. The van der Waals surface area contributed by atoms with E-state index in [4.69, 9.17) is 4.42 Å². The molecule has 1 atom stereocenters. The summed E-state index contributed by atoms with van der Waals surface area (Å²) in [5.41, 5.74) is 1.32. The van der Waals surface area contributed by atoms with Crippen molar-refractivity contribution in [3.8, 4) is 0 Å². The topological polar surface area (TPSA) is 92.1 Å². The van der Waals surface area contributed by atoms with Crippen molar-refractivity contribution in [3.63, 3.8) is 0 Å². The van der Waals surface area contributed by atoms with Crippen LogP contribution in [0.15, 0.2) is 46.0 Å². The van der Waals surface area contributed by atoms with Gasteiger partial charge in [0.1, 0.15) is 22.4 Å². The van der Waals surface area contributed by atoms with E-state index in [2.05, 4.69) is 15.0 Å². The number of hydrogen-bond acceptors (Lipinski definition) is 6. The molecule has 31 heavy (non-hydrogen) atoms. The van der Waals surface area contributed by atoms with Gasteiger partial charge in [-0.15, -0.1) is 11.3 Å². The third kappa shape index (κ3) is 3.54. The summed E-state index contributed by atoms with van der Waals surface area (Å²) in [6, 6.07) is 5.99. The molecule has 9 heteroatoms. The second-order valence-corrected chi connectivity index (χ2v) is 8.59. The fourth-order valence-corrected chi connectivity index (χ4v) is 5.15. The number of benzene rings is 1. The van der Waals surface area contributed by atoms with Crippen LogP contribution in [0.25, 0.3) is 10.2 Å². The van der Waals surface area contributed by atoms with Gasteiger partial charge in [0.2, 0.25) is 5.89 Å². The van der Waals surface area contributed by atoms with Crippen LogP contribution in [0.2, 0.25) is 0 Å². The highest BCUT2D eigenvalue weighted by Crippen LogP contribution is 2.36. The van der Waals surface area contributed by atoms with Gasteiger partial charge in [0.15, 0.2) is 0 Å². The van der Waals surface area contributed by atoms with Gasteiger partial charge in [-0.05, 0) is 43.0 Å². The lowest BCUT2D eigenvalue weighted by atomic mass is 10.1. The van der Waals surface area contributed by atoms with Crippen molar-refractivity contribution in [2.45, 2.75) is 32.2 Å². The van der Waals surface area contributed by atoms with Crippen molar-refractivity contribution in [2.75, 3.05) is 6.54 Å². The van der Waals surface area contributed by atoms with E-state index in [1.54, 1.807) is 30.2 Å². The number of hydrogen-bond donors (Lipinski definition) is 1. The molecule has 0 radical (unpaired) electrons. The lowest BCUT2D eigenvalue weighted by Crippen LogP contribution is -2.30. The molecular weight excluding hydrogens is 419 g/mol. The molecule has 1 saturated heterocycles. The third-order valence-corrected chi connectivity index (χ3v) is 6.78. The number of thiophene rings is 1. The van der Waals surface area contributed by atoms with Crippen LogP contribution in [0.3, 0.4) is 0 Å². The second-order valence-electron chi connectivity index (χ2n) is 7.59. The van der Waals surface area contributed by atoms with E-state index in [9.17, 15) is 14.0 Å². The number of aryl methyl sites for hydroxylation is 1. The Morgan fingerprint density at radius 2 is 2.13 bits per heavy atom. The molecule has 0 bridgehead atoms. The van der Waals surface area contributed by atoms with Crippen LogP contribution in [0.4, 0.5) is 4.39 Å². The van der Waals surface area contributed by atoms with Gasteiger partial charge < -0.3 is 14.3 Å². The number of halogens is 1. The number of likely N-dealkylation sites (tertiary alicyclic amines) is 1. The minimum Gasteiger partial charge on any atom is -0.443 e. The number of rotatable bonds is 4. The van der Waals surface area contributed by atoms with E-state index in [0.29, 0.717) is 45.3 Å². The number of amides is 1. The zero-order valence-corrected chi connectivity index (χ0v) is 17.5. The summed E-state index contributed by atoms with van der Waals surface area (Å²) in [6.45, 7) is 2.37. The first-order valence-electron chi connectivity index (χ1n) is 9.98. The van der Waals surface area contributed by atoms with Crippen LogP contribution in [0.5, 0.6) is 0 Å². The largest absolute Gasteiger partial charge is 0.443 e. The normalized spacial score (nSPS) is 16.3. The maximum absolute atomic E-state index is 13.4. The number of fused-ring (bicyclic) bond motifs is 1. The van der Waals surface area contributed by atoms with Crippen molar-refractivity contribution in [1.29, 1.82) is 0 Å². The molecule has 1 aromatic carbocycles. The number of oxazole rings is 1. The molecule has 0 aliphatic carbocycles. The predicted molar refractivity (Wildman–Crippen MR) is 114 cm³/mol. The van der Waals surface area contributed by atoms with Gasteiger partial charge in [0.25, 0.3) is 11.5 Å². The summed E-state index contributed by atoms with van der Waals surface area (Å²) in [5.74, 6) is 0.740. The SMILES string of the molecule is Cc1c(C(=O)N2CCC[C@H]2c2ncc(Cc3ccc(F)cc3)o2)sc2nc[nH]c(=O)c12. The Morgan fingerprint density at radius 1 is 1.32 bits per heavy atom. The summed E-state index contributed by atoms with van der Waals surface area (Å²) >= 11 is 1.23. The average Bonchev–Trinajstić information content (AvgIpc) is 3.48. The monoisotopic (exact) mass is 438 g/mol. The highest BCUT2D eigenvalue weighted by Gasteiger charge is 2.35. The molecule has 0 saturated carbocycles. The average molecular weight is 438 g/mol. The van der Waals surface area contributed by atoms with E-state index >= 15 is 0 Å². The second kappa shape index (κ2) is 7.73. The van der Waals surface area contributed by atoms with E-state index < -0.39 is 0 Å². The lowest BCUT2D eigenvalue weighted by Gasteiger charge is -2.22. The molecule has 1 fully saturated rings. The quantitative estimate of drug-likeness (QED) is 0.520. The van der Waals surface area contributed by atoms with E-state index in [1.165, 1.54) is 29.8 Å². The Balaban J connectivity index is 1.40. The first-order chi connectivity index (χ1) is 15.0. The highest BCUT2D eigenvalue weighted by molar-refractivity contribution is 7.20. The molecule has 158 valence electrons. The number of carbonyl (C=O) groups is 1. The van der Waals surface area contributed by atoms with Gasteiger partial charge >= 0.3 is 0 Å². The highest BCUT2D eigenvalue weighted by atomic mass is 32.1. The fraction of sp³-hybridized carbons (Fsp3) is 0.273. The van der Waals surface area contributed by atoms with Crippen molar-refractivity contribution >= 4 is 27.5 Å². The van der Waals surface area contributed by atoms with Gasteiger partial charge in [0.05, 0.1) is 22.8 Å². The molecule has 0 unspecified atom stereocenters. The summed E-state index contributed by atoms with van der Waals surface area (Å²) in [4.78, 5) is 39.5. The minimum atomic E-state index is -0.282. The molecule has 7 nitrogen and oxygen atoms in total. The van der Waals surface area contributed by atoms with Crippen LogP contribution in [0, 0.1) is 12.7 Å². The van der Waals surface area contributed by atoms with Crippen LogP contribution in [-0.2, 0) is 6.42 Å². The maximum Gasteiger partial charge on any atom is 0.264 e. The molecule has 0 spiro atoms. The third-order valence-electron chi connectivity index (χ3n) is 5.59. The molecule has 5 rings (SSSR count). The van der Waals surface area contributed by atoms with E-state index in [-0.39, 0.29) is 23.3 Å². The standard InChI is InChI=1S/C22H19FN4O3S/c1-12-17-19(28)25-11-26-21(17)31-18(12)22(29)27-8-2-3-16(27)20-24-10-15(30-20)9-13-4-6-14(23)7-5-13/h4-7,10-11,16H,2-3,8-9H2,1H3,(H,25,26,28)/t16-/m0/s1. The van der Waals surface area contributed by atoms with Crippen molar-refractivity contribution < 1.29 is 13.6 Å². The number of aromatic amines is 1. The van der Waals surface area contributed by atoms with Crippen molar-refractivity contribution in [1.82, 2.24) is 19.9 Å². The minimum absolute atomic E-state index is 0.138. The van der Waals surface area contributed by atoms with Gasteiger partial charge in [0, 0.05) is 13.0 Å². The van der Waals surface area contributed by atoms with Gasteiger partial charge in [-0.2, -0.15) is 0 Å². The van der Waals surface area contributed by atoms with E-state index in [0.717, 1.165) is 18.4 Å². The van der Waals surface area contributed by atoms with Gasteiger partial charge in [-0.3, -0.25) is 9.59 Å². The Bertz CT molecular complexity index is 1320. The van der Waals surface area contributed by atoms with Crippen LogP contribution < -0.4 is 5.56 Å². The summed E-state index contributed by atoms with van der Waals surface area (Å²) in [7, 11) is 0. The Labute approximate surface area is 180 Å². The maximum atomic E-state index is 13.4. The number of aromatic nitrogens is 3. The number of nitrogens with one attached hydrogen (secondary N) is 1. The Kier molecular flexibility index (Phi) is 4.90.